The second-order valence-corrected chi connectivity index (χ2v) is 10.2. The van der Waals surface area contributed by atoms with Crippen molar-refractivity contribution in [2.75, 3.05) is 10.8 Å². The summed E-state index contributed by atoms with van der Waals surface area (Å²) in [7, 11) is -4.02. The molecule has 2 aromatic rings. The lowest BCUT2D eigenvalue weighted by Gasteiger charge is -2.30. The number of rotatable bonds is 7. The number of nitrogens with one attached hydrogen (secondary N) is 2. The van der Waals surface area contributed by atoms with Crippen molar-refractivity contribution in [2.24, 2.45) is 0 Å². The molecule has 2 aliphatic rings. The maximum Gasteiger partial charge on any atom is 0.344 e. The second-order valence-electron chi connectivity index (χ2n) is 8.34. The molecule has 10 heteroatoms. The number of sulfonamides is 1. The van der Waals surface area contributed by atoms with Gasteiger partial charge in [0.05, 0.1) is 17.1 Å². The fourth-order valence-corrected chi connectivity index (χ4v) is 5.84. The molecule has 1 saturated heterocycles. The van der Waals surface area contributed by atoms with Gasteiger partial charge in [-0.05, 0) is 43.2 Å². The molecule has 1 saturated carbocycles. The van der Waals surface area contributed by atoms with E-state index in [1.165, 1.54) is 34.6 Å². The van der Waals surface area contributed by atoms with Gasteiger partial charge in [0.1, 0.15) is 5.54 Å². The zero-order valence-corrected chi connectivity index (χ0v) is 19.4. The monoisotopic (exact) mass is 482 g/mol. The summed E-state index contributed by atoms with van der Waals surface area (Å²) < 4.78 is 27.9. The van der Waals surface area contributed by atoms with E-state index in [1.807, 2.05) is 0 Å². The number of carbonyl (C=O) groups excluding carboxylic acids is 3. The van der Waals surface area contributed by atoms with Crippen molar-refractivity contribution in [3.63, 3.8) is 0 Å². The molecular weight excluding hydrogens is 456 g/mol. The van der Waals surface area contributed by atoms with Crippen molar-refractivity contribution < 1.29 is 22.8 Å². The second kappa shape index (κ2) is 9.30. The van der Waals surface area contributed by atoms with E-state index in [-0.39, 0.29) is 17.0 Å². The summed E-state index contributed by atoms with van der Waals surface area (Å²) in [6.45, 7) is 3.68. The van der Waals surface area contributed by atoms with Gasteiger partial charge in [0.15, 0.2) is 0 Å². The predicted octanol–water partition coefficient (Wildman–Crippen LogP) is 2.97. The largest absolute Gasteiger partial charge is 0.344 e. The van der Waals surface area contributed by atoms with Crippen LogP contribution < -0.4 is 15.0 Å². The van der Waals surface area contributed by atoms with E-state index in [4.69, 9.17) is 0 Å². The molecule has 2 N–H and O–H groups in total. The van der Waals surface area contributed by atoms with Crippen molar-refractivity contribution >= 4 is 33.6 Å². The topological polar surface area (TPSA) is 116 Å². The molecule has 34 heavy (non-hydrogen) atoms. The van der Waals surface area contributed by atoms with Crippen molar-refractivity contribution in [3.8, 4) is 0 Å². The Morgan fingerprint density at radius 1 is 1.09 bits per heavy atom. The molecular formula is C24H26N4O5S. The Morgan fingerprint density at radius 3 is 2.47 bits per heavy atom. The van der Waals surface area contributed by atoms with Crippen LogP contribution >= 0.6 is 0 Å². The van der Waals surface area contributed by atoms with Crippen LogP contribution in [0.2, 0.25) is 0 Å². The van der Waals surface area contributed by atoms with Crippen LogP contribution in [0.5, 0.6) is 0 Å². The zero-order valence-electron chi connectivity index (χ0n) is 18.6. The number of benzene rings is 2. The summed E-state index contributed by atoms with van der Waals surface area (Å²) in [5.74, 6) is -1.25. The molecule has 1 spiro atoms. The Balaban J connectivity index is 1.57. The molecule has 0 radical (unpaired) electrons. The van der Waals surface area contributed by atoms with Gasteiger partial charge in [-0.15, -0.1) is 6.58 Å². The fraction of sp³-hybridized carbons (Fsp3) is 0.292. The van der Waals surface area contributed by atoms with Crippen LogP contribution in [-0.2, 0) is 14.8 Å². The van der Waals surface area contributed by atoms with E-state index in [0.29, 0.717) is 23.5 Å². The van der Waals surface area contributed by atoms with E-state index >= 15 is 0 Å². The first-order valence-corrected chi connectivity index (χ1v) is 12.5. The first-order chi connectivity index (χ1) is 16.3. The number of amides is 4. The molecule has 0 bridgehead atoms. The summed E-state index contributed by atoms with van der Waals surface area (Å²) >= 11 is 0. The van der Waals surface area contributed by atoms with Crippen LogP contribution in [0.15, 0.2) is 72.1 Å². The summed E-state index contributed by atoms with van der Waals surface area (Å²) in [4.78, 5) is 38.1. The third-order valence-corrected chi connectivity index (χ3v) is 7.90. The van der Waals surface area contributed by atoms with Crippen LogP contribution in [0.25, 0.3) is 0 Å². The minimum atomic E-state index is -4.02. The zero-order chi connectivity index (χ0) is 24.3. The minimum absolute atomic E-state index is 0.00196. The molecule has 4 rings (SSSR count). The van der Waals surface area contributed by atoms with Crippen molar-refractivity contribution in [2.45, 2.75) is 42.5 Å². The Bertz CT molecular complexity index is 1220. The number of hydrogen-bond donors (Lipinski definition) is 2. The molecule has 0 aromatic heterocycles. The normalized spacial score (nSPS) is 17.4. The van der Waals surface area contributed by atoms with Crippen LogP contribution in [0.3, 0.4) is 0 Å². The third-order valence-electron chi connectivity index (χ3n) is 6.11. The molecule has 0 unspecified atom stereocenters. The Morgan fingerprint density at radius 2 is 1.79 bits per heavy atom. The van der Waals surface area contributed by atoms with Gasteiger partial charge in [-0.1, -0.05) is 49.6 Å². The molecule has 1 heterocycles. The maximum atomic E-state index is 13.4. The van der Waals surface area contributed by atoms with E-state index in [0.717, 1.165) is 19.3 Å². The first kappa shape index (κ1) is 23.5. The van der Waals surface area contributed by atoms with Gasteiger partial charge < -0.3 is 5.32 Å². The number of hydrazine groups is 1. The highest BCUT2D eigenvalue weighted by Crippen LogP contribution is 2.33. The Labute approximate surface area is 198 Å². The average molecular weight is 483 g/mol. The number of anilines is 1. The lowest BCUT2D eigenvalue weighted by Crippen LogP contribution is -2.50. The number of carbonyl (C=O) groups is 3. The highest BCUT2D eigenvalue weighted by Gasteiger charge is 2.52. The van der Waals surface area contributed by atoms with Gasteiger partial charge in [0.25, 0.3) is 21.8 Å². The number of imide groups is 1. The van der Waals surface area contributed by atoms with Gasteiger partial charge in [-0.3, -0.25) is 19.3 Å². The van der Waals surface area contributed by atoms with Crippen LogP contribution in [-0.4, -0.2) is 43.4 Å². The first-order valence-electron chi connectivity index (χ1n) is 11.0. The van der Waals surface area contributed by atoms with Gasteiger partial charge in [0, 0.05) is 5.56 Å². The molecule has 2 fully saturated rings. The molecule has 178 valence electrons. The van der Waals surface area contributed by atoms with Crippen molar-refractivity contribution in [3.05, 3.63) is 72.8 Å². The lowest BCUT2D eigenvalue weighted by atomic mass is 9.82. The minimum Gasteiger partial charge on any atom is -0.322 e. The van der Waals surface area contributed by atoms with Crippen LogP contribution in [0.4, 0.5) is 10.5 Å². The van der Waals surface area contributed by atoms with E-state index in [1.54, 1.807) is 30.3 Å². The van der Waals surface area contributed by atoms with Gasteiger partial charge >= 0.3 is 6.03 Å². The van der Waals surface area contributed by atoms with Gasteiger partial charge in [-0.25, -0.2) is 13.2 Å². The highest BCUT2D eigenvalue weighted by atomic mass is 32.2. The summed E-state index contributed by atoms with van der Waals surface area (Å²) in [5.41, 5.74) is 1.81. The molecule has 4 amide bonds. The molecule has 1 aliphatic carbocycles. The number of para-hydroxylation sites is 1. The number of nitrogens with zero attached hydrogens (tertiary/aromatic N) is 2. The van der Waals surface area contributed by atoms with E-state index in [2.05, 4.69) is 17.3 Å². The lowest BCUT2D eigenvalue weighted by molar-refractivity contribution is -0.134. The van der Waals surface area contributed by atoms with E-state index < -0.39 is 33.4 Å². The maximum absolute atomic E-state index is 13.4. The quantitative estimate of drug-likeness (QED) is 0.465. The summed E-state index contributed by atoms with van der Waals surface area (Å²) in [5, 5.41) is 3.42. The summed E-state index contributed by atoms with van der Waals surface area (Å²) in [6, 6.07) is 13.3. The average Bonchev–Trinajstić information content (AvgIpc) is 3.07. The number of urea groups is 1. The fourth-order valence-electron chi connectivity index (χ4n) is 4.36. The van der Waals surface area contributed by atoms with Crippen LogP contribution in [0, 0.1) is 0 Å². The van der Waals surface area contributed by atoms with Crippen molar-refractivity contribution in [1.29, 1.82) is 0 Å². The van der Waals surface area contributed by atoms with Gasteiger partial charge in [-0.2, -0.15) is 5.01 Å². The third kappa shape index (κ3) is 4.28. The predicted molar refractivity (Wildman–Crippen MR) is 126 cm³/mol. The van der Waals surface area contributed by atoms with E-state index in [9.17, 15) is 22.8 Å². The van der Waals surface area contributed by atoms with Gasteiger partial charge in [0.2, 0.25) is 0 Å². The Kier molecular flexibility index (Phi) is 6.43. The Hall–Kier alpha value is -3.66. The molecule has 9 nitrogen and oxygen atoms in total. The summed E-state index contributed by atoms with van der Waals surface area (Å²) in [6.07, 6.45) is 5.14. The molecule has 2 aromatic carbocycles. The van der Waals surface area contributed by atoms with Crippen molar-refractivity contribution in [1.82, 2.24) is 15.8 Å². The SMILES string of the molecule is C=CCN(c1ccccc1)S(=O)(=O)c1cccc(C(=O)NN2C(=O)NC3(CCCCC3)C2=O)c1. The molecule has 1 aliphatic heterocycles. The highest BCUT2D eigenvalue weighted by molar-refractivity contribution is 7.92. The smallest absolute Gasteiger partial charge is 0.322 e. The number of hydrogen-bond acceptors (Lipinski definition) is 5. The molecule has 0 atom stereocenters. The standard InChI is InChI=1S/C24H26N4O5S/c1-2-16-27(19-11-5-3-6-12-19)34(32,33)20-13-9-10-18(17-20)21(29)26-28-22(30)24(25-23(28)31)14-7-4-8-15-24/h2-3,5-6,9-13,17H,1,4,7-8,14-16H2,(H,25,31)(H,26,29). The van der Waals surface area contributed by atoms with Crippen LogP contribution in [0.1, 0.15) is 42.5 Å².